The van der Waals surface area contributed by atoms with E-state index in [1.54, 1.807) is 0 Å². The zero-order chi connectivity index (χ0) is 25.4. The monoisotopic (exact) mass is 487 g/mol. The van der Waals surface area contributed by atoms with Crippen molar-refractivity contribution in [3.63, 3.8) is 0 Å². The molecule has 0 radical (unpaired) electrons. The predicted octanol–water partition coefficient (Wildman–Crippen LogP) is 9.78. The largest absolute Gasteiger partial charge is 0.489 e. The molecular weight excluding hydrogens is 434 g/mol. The lowest BCUT2D eigenvalue weighted by Crippen LogP contribution is -2.07. The van der Waals surface area contributed by atoms with Crippen LogP contribution in [0, 0.1) is 11.3 Å². The van der Waals surface area contributed by atoms with E-state index in [1.165, 1.54) is 96.3 Å². The Balaban J connectivity index is 2.70. The minimum atomic E-state index is 0.563. The van der Waals surface area contributed by atoms with Crippen LogP contribution in [0.2, 0.25) is 0 Å². The fraction of sp³-hybridized carbons (Fsp3) is 0.774. The van der Waals surface area contributed by atoms with E-state index in [2.05, 4.69) is 26.8 Å². The summed E-state index contributed by atoms with van der Waals surface area (Å²) < 4.78 is 18.5. The Morgan fingerprint density at radius 3 is 1.23 bits per heavy atom. The summed E-state index contributed by atoms with van der Waals surface area (Å²) in [5, 5.41) is 9.58. The molecule has 0 amide bonds. The molecule has 200 valence electrons. The van der Waals surface area contributed by atoms with Gasteiger partial charge in [-0.25, -0.2) is 0 Å². The van der Waals surface area contributed by atoms with Crippen molar-refractivity contribution in [2.24, 2.45) is 0 Å². The molecule has 1 aromatic rings. The first-order valence-electron chi connectivity index (χ1n) is 14.7. The molecule has 0 spiro atoms. The van der Waals surface area contributed by atoms with Gasteiger partial charge in [0.1, 0.15) is 0 Å². The smallest absolute Gasteiger partial charge is 0.203 e. The lowest BCUT2D eigenvalue weighted by atomic mass is 10.1. The van der Waals surface area contributed by atoms with Crippen molar-refractivity contribution < 1.29 is 14.2 Å². The molecule has 0 heterocycles. The highest BCUT2D eigenvalue weighted by Crippen LogP contribution is 2.39. The van der Waals surface area contributed by atoms with E-state index in [-0.39, 0.29) is 0 Å². The summed E-state index contributed by atoms with van der Waals surface area (Å²) in [6.45, 7) is 8.66. The predicted molar refractivity (Wildman–Crippen MR) is 148 cm³/mol. The fourth-order valence-electron chi connectivity index (χ4n) is 4.18. The number of unbranched alkanes of at least 4 members (excludes halogenated alkanes) is 15. The van der Waals surface area contributed by atoms with Crippen molar-refractivity contribution in [3.05, 3.63) is 17.7 Å². The standard InChI is InChI=1S/C31H53NO3/c1-4-7-10-13-16-19-22-33-29-25-28(27-32)26-30(34-23-20-17-14-11-8-5-2)31(29)35-24-21-18-15-12-9-6-3/h25-26H,4-24H2,1-3H3. The van der Waals surface area contributed by atoms with Crippen LogP contribution in [-0.4, -0.2) is 19.8 Å². The van der Waals surface area contributed by atoms with Crippen LogP contribution in [0.15, 0.2) is 12.1 Å². The van der Waals surface area contributed by atoms with Gasteiger partial charge < -0.3 is 14.2 Å². The summed E-state index contributed by atoms with van der Waals surface area (Å²) in [6.07, 6.45) is 22.0. The average molecular weight is 488 g/mol. The molecule has 0 aliphatic rings. The van der Waals surface area contributed by atoms with Crippen molar-refractivity contribution in [3.8, 4) is 23.3 Å². The van der Waals surface area contributed by atoms with E-state index in [4.69, 9.17) is 14.2 Å². The maximum Gasteiger partial charge on any atom is 0.203 e. The number of hydrogen-bond donors (Lipinski definition) is 0. The molecule has 0 unspecified atom stereocenters. The third-order valence-corrected chi connectivity index (χ3v) is 6.41. The van der Waals surface area contributed by atoms with Gasteiger partial charge in [0.2, 0.25) is 5.75 Å². The maximum atomic E-state index is 9.58. The van der Waals surface area contributed by atoms with Crippen molar-refractivity contribution in [1.29, 1.82) is 5.26 Å². The first-order chi connectivity index (χ1) is 17.3. The molecule has 1 aromatic carbocycles. The minimum absolute atomic E-state index is 0.563. The summed E-state index contributed by atoms with van der Waals surface area (Å²) in [6, 6.07) is 5.89. The van der Waals surface area contributed by atoms with Crippen molar-refractivity contribution in [2.45, 2.75) is 136 Å². The van der Waals surface area contributed by atoms with E-state index in [0.717, 1.165) is 19.3 Å². The van der Waals surface area contributed by atoms with Gasteiger partial charge in [-0.3, -0.25) is 0 Å². The van der Waals surface area contributed by atoms with Crippen LogP contribution in [0.3, 0.4) is 0 Å². The summed E-state index contributed by atoms with van der Waals surface area (Å²) in [5.41, 5.74) is 0.563. The second-order valence-corrected chi connectivity index (χ2v) is 9.76. The highest BCUT2D eigenvalue weighted by Gasteiger charge is 2.16. The lowest BCUT2D eigenvalue weighted by molar-refractivity contribution is 0.234. The van der Waals surface area contributed by atoms with E-state index in [1.807, 2.05) is 12.1 Å². The molecule has 0 bridgehead atoms. The molecule has 0 fully saturated rings. The molecule has 4 nitrogen and oxygen atoms in total. The first-order valence-corrected chi connectivity index (χ1v) is 14.7. The molecular formula is C31H53NO3. The number of benzene rings is 1. The fourth-order valence-corrected chi connectivity index (χ4v) is 4.18. The van der Waals surface area contributed by atoms with Gasteiger partial charge in [-0.2, -0.15) is 5.26 Å². The van der Waals surface area contributed by atoms with E-state index in [0.29, 0.717) is 42.6 Å². The van der Waals surface area contributed by atoms with Crippen molar-refractivity contribution in [2.75, 3.05) is 19.8 Å². The van der Waals surface area contributed by atoms with Crippen LogP contribution in [0.5, 0.6) is 17.2 Å². The summed E-state index contributed by atoms with van der Waals surface area (Å²) in [4.78, 5) is 0. The third kappa shape index (κ3) is 15.7. The summed E-state index contributed by atoms with van der Waals surface area (Å²) >= 11 is 0. The van der Waals surface area contributed by atoms with Gasteiger partial charge in [0.25, 0.3) is 0 Å². The topological polar surface area (TPSA) is 51.5 Å². The van der Waals surface area contributed by atoms with Gasteiger partial charge in [-0.05, 0) is 19.3 Å². The lowest BCUT2D eigenvalue weighted by Gasteiger charge is -2.18. The molecule has 4 heteroatoms. The zero-order valence-electron chi connectivity index (χ0n) is 23.2. The minimum Gasteiger partial charge on any atom is -0.489 e. The third-order valence-electron chi connectivity index (χ3n) is 6.41. The second-order valence-electron chi connectivity index (χ2n) is 9.76. The molecule has 0 aromatic heterocycles. The van der Waals surface area contributed by atoms with E-state index >= 15 is 0 Å². The molecule has 0 saturated carbocycles. The van der Waals surface area contributed by atoms with Gasteiger partial charge in [0, 0.05) is 12.1 Å². The number of nitrogens with zero attached hydrogens (tertiary/aromatic N) is 1. The van der Waals surface area contributed by atoms with Crippen LogP contribution in [0.25, 0.3) is 0 Å². The molecule has 0 aliphatic heterocycles. The van der Waals surface area contributed by atoms with Crippen molar-refractivity contribution in [1.82, 2.24) is 0 Å². The van der Waals surface area contributed by atoms with Gasteiger partial charge in [-0.1, -0.05) is 117 Å². The number of nitriles is 1. The second kappa shape index (κ2) is 22.6. The van der Waals surface area contributed by atoms with Crippen LogP contribution >= 0.6 is 0 Å². The average Bonchev–Trinajstić information content (AvgIpc) is 2.87. The van der Waals surface area contributed by atoms with Gasteiger partial charge in [0.15, 0.2) is 11.5 Å². The quantitative estimate of drug-likeness (QED) is 0.136. The number of ether oxygens (including phenoxy) is 3. The highest BCUT2D eigenvalue weighted by atomic mass is 16.5. The molecule has 1 rings (SSSR count). The van der Waals surface area contributed by atoms with Crippen LogP contribution in [0.1, 0.15) is 142 Å². The number of rotatable bonds is 24. The Morgan fingerprint density at radius 1 is 0.514 bits per heavy atom. The van der Waals surface area contributed by atoms with Gasteiger partial charge in [0.05, 0.1) is 31.5 Å². The van der Waals surface area contributed by atoms with Crippen LogP contribution in [-0.2, 0) is 0 Å². The molecule has 0 N–H and O–H groups in total. The molecule has 0 aliphatic carbocycles. The summed E-state index contributed by atoms with van der Waals surface area (Å²) in [7, 11) is 0. The van der Waals surface area contributed by atoms with Gasteiger partial charge in [-0.15, -0.1) is 0 Å². The highest BCUT2D eigenvalue weighted by molar-refractivity contribution is 5.56. The first kappa shape index (κ1) is 31.1. The Morgan fingerprint density at radius 2 is 0.857 bits per heavy atom. The normalized spacial score (nSPS) is 10.8. The zero-order valence-corrected chi connectivity index (χ0v) is 23.2. The van der Waals surface area contributed by atoms with Crippen LogP contribution in [0.4, 0.5) is 0 Å². The Kier molecular flexibility index (Phi) is 20.1. The molecule has 35 heavy (non-hydrogen) atoms. The summed E-state index contributed by atoms with van der Waals surface area (Å²) in [5.74, 6) is 1.98. The SMILES string of the molecule is CCCCCCCCOc1cc(C#N)cc(OCCCCCCCC)c1OCCCCCCCC. The van der Waals surface area contributed by atoms with E-state index in [9.17, 15) is 5.26 Å². The van der Waals surface area contributed by atoms with Gasteiger partial charge >= 0.3 is 0 Å². The number of hydrogen-bond acceptors (Lipinski definition) is 4. The van der Waals surface area contributed by atoms with E-state index < -0.39 is 0 Å². The Bertz CT molecular complexity index is 629. The van der Waals surface area contributed by atoms with Crippen LogP contribution < -0.4 is 14.2 Å². The molecule has 0 saturated heterocycles. The molecule has 0 atom stereocenters. The Hall–Kier alpha value is -1.89. The Labute approximate surface area is 216 Å². The maximum absolute atomic E-state index is 9.58. The van der Waals surface area contributed by atoms with Crippen molar-refractivity contribution >= 4 is 0 Å².